The molecule has 7 heteroatoms. The summed E-state index contributed by atoms with van der Waals surface area (Å²) < 4.78 is 52.3. The maximum Gasteiger partial charge on any atom is 0.258 e. The zero-order valence-corrected chi connectivity index (χ0v) is 16.8. The van der Waals surface area contributed by atoms with Crippen LogP contribution in [-0.4, -0.2) is 20.9 Å². The minimum Gasteiger partial charge on any atom is -0.308 e. The van der Waals surface area contributed by atoms with E-state index in [1.807, 2.05) is 0 Å². The van der Waals surface area contributed by atoms with Crippen molar-refractivity contribution in [3.63, 3.8) is 0 Å². The second-order valence-electron chi connectivity index (χ2n) is 7.22. The molecular weight excluding hydrogens is 408 g/mol. The standard InChI is InChI=1S/C23H19F2NO3S/c24-20-13-18-5-4-12-26(22(18)14-21(20)25)23(27)17-10-8-16(9-11-17)15-30(28,29)19-6-2-1-3-7-19/h1-3,6-11,13-14H,4-5,12,15H2. The molecule has 0 unspecified atom stereocenters. The molecule has 4 nitrogen and oxygen atoms in total. The van der Waals surface area contributed by atoms with E-state index in [9.17, 15) is 22.0 Å². The molecule has 1 aliphatic heterocycles. The summed E-state index contributed by atoms with van der Waals surface area (Å²) in [5, 5.41) is 0. The second-order valence-corrected chi connectivity index (χ2v) is 9.21. The summed E-state index contributed by atoms with van der Waals surface area (Å²) in [7, 11) is -3.49. The monoisotopic (exact) mass is 427 g/mol. The molecule has 0 fully saturated rings. The lowest BCUT2D eigenvalue weighted by molar-refractivity contribution is 0.0985. The number of carbonyl (C=O) groups is 1. The Bertz CT molecular complexity index is 1190. The molecule has 0 aliphatic carbocycles. The van der Waals surface area contributed by atoms with Crippen LogP contribution in [0.15, 0.2) is 71.6 Å². The normalized spacial score (nSPS) is 13.7. The highest BCUT2D eigenvalue weighted by Crippen LogP contribution is 2.30. The van der Waals surface area contributed by atoms with Gasteiger partial charge in [0, 0.05) is 18.2 Å². The van der Waals surface area contributed by atoms with Crippen LogP contribution in [0.3, 0.4) is 0 Å². The molecule has 0 bridgehead atoms. The van der Waals surface area contributed by atoms with Crippen LogP contribution in [-0.2, 0) is 22.0 Å². The maximum atomic E-state index is 13.7. The number of benzene rings is 3. The molecule has 0 radical (unpaired) electrons. The lowest BCUT2D eigenvalue weighted by Gasteiger charge is -2.29. The third-order valence-electron chi connectivity index (χ3n) is 5.15. The Balaban J connectivity index is 1.56. The third kappa shape index (κ3) is 3.98. The van der Waals surface area contributed by atoms with Crippen molar-refractivity contribution in [3.05, 3.63) is 95.1 Å². The number of amides is 1. The second kappa shape index (κ2) is 7.99. The van der Waals surface area contributed by atoms with E-state index in [1.165, 1.54) is 4.90 Å². The largest absolute Gasteiger partial charge is 0.308 e. The average Bonchev–Trinajstić information content (AvgIpc) is 2.75. The van der Waals surface area contributed by atoms with Gasteiger partial charge in [-0.05, 0) is 54.3 Å². The van der Waals surface area contributed by atoms with Gasteiger partial charge >= 0.3 is 0 Å². The third-order valence-corrected chi connectivity index (χ3v) is 6.85. The highest BCUT2D eigenvalue weighted by atomic mass is 32.2. The van der Waals surface area contributed by atoms with Crippen molar-refractivity contribution in [3.8, 4) is 0 Å². The van der Waals surface area contributed by atoms with Gasteiger partial charge in [-0.15, -0.1) is 0 Å². The van der Waals surface area contributed by atoms with E-state index < -0.39 is 21.5 Å². The van der Waals surface area contributed by atoms with Crippen LogP contribution in [0, 0.1) is 11.6 Å². The van der Waals surface area contributed by atoms with Crippen LogP contribution >= 0.6 is 0 Å². The Hall–Kier alpha value is -3.06. The maximum absolute atomic E-state index is 13.7. The van der Waals surface area contributed by atoms with E-state index >= 15 is 0 Å². The number of anilines is 1. The van der Waals surface area contributed by atoms with Crippen LogP contribution in [0.5, 0.6) is 0 Å². The van der Waals surface area contributed by atoms with Crippen molar-refractivity contribution in [1.82, 2.24) is 0 Å². The highest BCUT2D eigenvalue weighted by molar-refractivity contribution is 7.90. The Kier molecular flexibility index (Phi) is 5.39. The number of hydrogen-bond donors (Lipinski definition) is 0. The Morgan fingerprint density at radius 3 is 2.30 bits per heavy atom. The molecule has 0 aromatic heterocycles. The van der Waals surface area contributed by atoms with Gasteiger partial charge < -0.3 is 4.90 Å². The number of fused-ring (bicyclic) bond motifs is 1. The fourth-order valence-corrected chi connectivity index (χ4v) is 4.99. The first kappa shape index (κ1) is 20.2. The first-order chi connectivity index (χ1) is 14.3. The quantitative estimate of drug-likeness (QED) is 0.615. The molecular formula is C23H19F2NO3S. The average molecular weight is 427 g/mol. The first-order valence-corrected chi connectivity index (χ1v) is 11.2. The van der Waals surface area contributed by atoms with E-state index in [2.05, 4.69) is 0 Å². The molecule has 3 aromatic rings. The summed E-state index contributed by atoms with van der Waals surface area (Å²) in [6, 6.07) is 16.7. The van der Waals surface area contributed by atoms with Crippen LogP contribution in [0.4, 0.5) is 14.5 Å². The van der Waals surface area contributed by atoms with Crippen LogP contribution < -0.4 is 4.90 Å². The summed E-state index contributed by atoms with van der Waals surface area (Å²) in [4.78, 5) is 14.6. The molecule has 0 saturated heterocycles. The Morgan fingerprint density at radius 2 is 1.60 bits per heavy atom. The van der Waals surface area contributed by atoms with Crippen molar-refractivity contribution in [2.24, 2.45) is 0 Å². The fraction of sp³-hybridized carbons (Fsp3) is 0.174. The molecule has 0 atom stereocenters. The van der Waals surface area contributed by atoms with Crippen molar-refractivity contribution in [2.75, 3.05) is 11.4 Å². The summed E-state index contributed by atoms with van der Waals surface area (Å²) in [5.41, 5.74) is 1.89. The topological polar surface area (TPSA) is 54.5 Å². The Labute approximate surface area is 173 Å². The lowest BCUT2D eigenvalue weighted by atomic mass is 10.00. The summed E-state index contributed by atoms with van der Waals surface area (Å²) >= 11 is 0. The molecule has 0 spiro atoms. The van der Waals surface area contributed by atoms with Gasteiger partial charge in [0.15, 0.2) is 21.5 Å². The number of rotatable bonds is 4. The minimum absolute atomic E-state index is 0.178. The zero-order chi connectivity index (χ0) is 21.3. The number of aryl methyl sites for hydroxylation is 1. The van der Waals surface area contributed by atoms with Gasteiger partial charge in [0.25, 0.3) is 5.91 Å². The predicted octanol–water partition coefficient (Wildman–Crippen LogP) is 4.53. The van der Waals surface area contributed by atoms with Gasteiger partial charge in [0.05, 0.1) is 16.3 Å². The molecule has 30 heavy (non-hydrogen) atoms. The van der Waals surface area contributed by atoms with Gasteiger partial charge in [-0.1, -0.05) is 30.3 Å². The van der Waals surface area contributed by atoms with Crippen molar-refractivity contribution < 1.29 is 22.0 Å². The Morgan fingerprint density at radius 1 is 0.933 bits per heavy atom. The van der Waals surface area contributed by atoms with E-state index in [-0.39, 0.29) is 16.6 Å². The predicted molar refractivity (Wildman–Crippen MR) is 110 cm³/mol. The van der Waals surface area contributed by atoms with E-state index in [1.54, 1.807) is 54.6 Å². The van der Waals surface area contributed by atoms with Gasteiger partial charge in [-0.2, -0.15) is 0 Å². The van der Waals surface area contributed by atoms with Gasteiger partial charge in [-0.25, -0.2) is 17.2 Å². The summed E-state index contributed by atoms with van der Waals surface area (Å²) in [6.45, 7) is 0.404. The number of nitrogens with zero attached hydrogens (tertiary/aromatic N) is 1. The van der Waals surface area contributed by atoms with Gasteiger partial charge in [0.1, 0.15) is 0 Å². The number of carbonyl (C=O) groups excluding carboxylic acids is 1. The van der Waals surface area contributed by atoms with Crippen molar-refractivity contribution in [2.45, 2.75) is 23.5 Å². The number of halogens is 2. The fourth-order valence-electron chi connectivity index (χ4n) is 3.62. The smallest absolute Gasteiger partial charge is 0.258 e. The van der Waals surface area contributed by atoms with Gasteiger partial charge in [-0.3, -0.25) is 4.79 Å². The van der Waals surface area contributed by atoms with Crippen LogP contribution in [0.25, 0.3) is 0 Å². The van der Waals surface area contributed by atoms with E-state index in [0.29, 0.717) is 41.8 Å². The molecule has 0 N–H and O–H groups in total. The van der Waals surface area contributed by atoms with E-state index in [4.69, 9.17) is 0 Å². The molecule has 1 amide bonds. The molecule has 4 rings (SSSR count). The molecule has 1 heterocycles. The molecule has 1 aliphatic rings. The summed E-state index contributed by atoms with van der Waals surface area (Å²) in [6.07, 6.45) is 1.23. The number of sulfone groups is 1. The molecule has 154 valence electrons. The van der Waals surface area contributed by atoms with Crippen LogP contribution in [0.2, 0.25) is 0 Å². The molecule has 3 aromatic carbocycles. The van der Waals surface area contributed by atoms with Crippen molar-refractivity contribution >= 4 is 21.4 Å². The zero-order valence-electron chi connectivity index (χ0n) is 16.0. The summed E-state index contributed by atoms with van der Waals surface area (Å²) in [5.74, 6) is -2.43. The van der Waals surface area contributed by atoms with Crippen molar-refractivity contribution in [1.29, 1.82) is 0 Å². The molecule has 0 saturated carbocycles. The lowest BCUT2D eigenvalue weighted by Crippen LogP contribution is -2.35. The highest BCUT2D eigenvalue weighted by Gasteiger charge is 2.25. The number of hydrogen-bond acceptors (Lipinski definition) is 3. The van der Waals surface area contributed by atoms with Gasteiger partial charge in [0.2, 0.25) is 0 Å². The van der Waals surface area contributed by atoms with Crippen LogP contribution in [0.1, 0.15) is 27.9 Å². The SMILES string of the molecule is O=C(c1ccc(CS(=O)(=O)c2ccccc2)cc1)N1CCCc2cc(F)c(F)cc21. The van der Waals surface area contributed by atoms with E-state index in [0.717, 1.165) is 12.1 Å². The first-order valence-electron chi connectivity index (χ1n) is 9.52. The minimum atomic E-state index is -3.49.